The highest BCUT2D eigenvalue weighted by Crippen LogP contribution is 2.23. The van der Waals surface area contributed by atoms with Crippen LogP contribution in [0.3, 0.4) is 0 Å². The molecule has 0 aliphatic heterocycles. The number of phenols is 2. The summed E-state index contributed by atoms with van der Waals surface area (Å²) in [5, 5.41) is 20.3. The van der Waals surface area contributed by atoms with Crippen molar-refractivity contribution in [2.45, 2.75) is 12.5 Å². The summed E-state index contributed by atoms with van der Waals surface area (Å²) >= 11 is 0. The smallest absolute Gasteiger partial charge is 0.128 e. The Morgan fingerprint density at radius 2 is 1.39 bits per heavy atom. The molecule has 0 aliphatic carbocycles. The van der Waals surface area contributed by atoms with Crippen molar-refractivity contribution in [3.05, 3.63) is 83.4 Å². The van der Waals surface area contributed by atoms with Crippen molar-refractivity contribution in [2.75, 3.05) is 20.8 Å². The highest BCUT2D eigenvalue weighted by atomic mass is 16.5. The lowest BCUT2D eigenvalue weighted by Crippen LogP contribution is -2.13. The SMILES string of the molecule is COc1ccc(C=NC[C@H](Cc2ccccc2)N=Cc2ccc(OC)cc2O)c(O)c1. The third kappa shape index (κ3) is 6.34. The summed E-state index contributed by atoms with van der Waals surface area (Å²) in [5.41, 5.74) is 2.36. The predicted octanol–water partition coefficient (Wildman–Crippen LogP) is 4.26. The van der Waals surface area contributed by atoms with Crippen LogP contribution in [0.5, 0.6) is 23.0 Å². The molecule has 0 fully saturated rings. The number of aromatic hydroxyl groups is 2. The van der Waals surface area contributed by atoms with Gasteiger partial charge in [0, 0.05) is 35.7 Å². The molecule has 0 unspecified atom stereocenters. The van der Waals surface area contributed by atoms with Gasteiger partial charge in [0.05, 0.1) is 26.8 Å². The average molecular weight is 418 g/mol. The quantitative estimate of drug-likeness (QED) is 0.509. The fourth-order valence-electron chi connectivity index (χ4n) is 3.03. The van der Waals surface area contributed by atoms with Crippen molar-refractivity contribution >= 4 is 12.4 Å². The molecule has 6 nitrogen and oxygen atoms in total. The van der Waals surface area contributed by atoms with Crippen LogP contribution in [0.2, 0.25) is 0 Å². The molecule has 3 aromatic carbocycles. The van der Waals surface area contributed by atoms with E-state index >= 15 is 0 Å². The van der Waals surface area contributed by atoms with Crippen LogP contribution in [-0.2, 0) is 6.42 Å². The zero-order valence-corrected chi connectivity index (χ0v) is 17.6. The van der Waals surface area contributed by atoms with Gasteiger partial charge >= 0.3 is 0 Å². The maximum absolute atomic E-state index is 10.2. The van der Waals surface area contributed by atoms with Gasteiger partial charge in [0.15, 0.2) is 0 Å². The first-order chi connectivity index (χ1) is 15.1. The maximum Gasteiger partial charge on any atom is 0.128 e. The van der Waals surface area contributed by atoms with E-state index in [9.17, 15) is 10.2 Å². The first-order valence-electron chi connectivity index (χ1n) is 9.90. The first-order valence-corrected chi connectivity index (χ1v) is 9.90. The van der Waals surface area contributed by atoms with Gasteiger partial charge in [-0.2, -0.15) is 0 Å². The van der Waals surface area contributed by atoms with Crippen LogP contribution in [0.1, 0.15) is 16.7 Å². The first kappa shape index (κ1) is 21.9. The van der Waals surface area contributed by atoms with Crippen LogP contribution < -0.4 is 9.47 Å². The van der Waals surface area contributed by atoms with E-state index in [4.69, 9.17) is 9.47 Å². The third-order valence-corrected chi connectivity index (χ3v) is 4.76. The average Bonchev–Trinajstić information content (AvgIpc) is 2.79. The van der Waals surface area contributed by atoms with E-state index in [1.165, 1.54) is 0 Å². The second kappa shape index (κ2) is 10.8. The van der Waals surface area contributed by atoms with Crippen molar-refractivity contribution in [3.8, 4) is 23.0 Å². The molecule has 0 aromatic heterocycles. The summed E-state index contributed by atoms with van der Waals surface area (Å²) in [7, 11) is 3.10. The maximum atomic E-state index is 10.2. The lowest BCUT2D eigenvalue weighted by molar-refractivity contribution is 0.407. The fraction of sp³-hybridized carbons (Fsp3) is 0.200. The lowest BCUT2D eigenvalue weighted by atomic mass is 10.1. The van der Waals surface area contributed by atoms with Gasteiger partial charge in [0.2, 0.25) is 0 Å². The Labute approximate surface area is 182 Å². The van der Waals surface area contributed by atoms with Gasteiger partial charge < -0.3 is 19.7 Å². The number of methoxy groups -OCH3 is 2. The number of aliphatic imine (C=N–C) groups is 2. The van der Waals surface area contributed by atoms with Crippen molar-refractivity contribution < 1.29 is 19.7 Å². The Balaban J connectivity index is 1.76. The minimum atomic E-state index is -0.138. The van der Waals surface area contributed by atoms with Crippen molar-refractivity contribution in [3.63, 3.8) is 0 Å². The van der Waals surface area contributed by atoms with E-state index in [-0.39, 0.29) is 17.5 Å². The Bertz CT molecular complexity index is 1050. The van der Waals surface area contributed by atoms with E-state index in [0.29, 0.717) is 35.6 Å². The molecule has 0 spiro atoms. The lowest BCUT2D eigenvalue weighted by Gasteiger charge is -2.11. The van der Waals surface area contributed by atoms with Crippen molar-refractivity contribution in [2.24, 2.45) is 9.98 Å². The molecule has 2 N–H and O–H groups in total. The van der Waals surface area contributed by atoms with Gasteiger partial charge in [-0.1, -0.05) is 30.3 Å². The number of rotatable bonds is 9. The van der Waals surface area contributed by atoms with Gasteiger partial charge in [0.1, 0.15) is 23.0 Å². The molecule has 160 valence electrons. The van der Waals surface area contributed by atoms with Crippen LogP contribution in [0.4, 0.5) is 0 Å². The van der Waals surface area contributed by atoms with Gasteiger partial charge in [0.25, 0.3) is 0 Å². The summed E-state index contributed by atoms with van der Waals surface area (Å²) in [6.07, 6.45) is 3.98. The highest BCUT2D eigenvalue weighted by Gasteiger charge is 2.08. The molecule has 3 aromatic rings. The molecule has 0 amide bonds. The number of phenolic OH excluding ortho intramolecular Hbond substituents is 2. The Kier molecular flexibility index (Phi) is 7.65. The van der Waals surface area contributed by atoms with Crippen molar-refractivity contribution in [1.29, 1.82) is 0 Å². The normalized spacial score (nSPS) is 12.3. The standard InChI is InChI=1S/C25H26N2O4/c1-30-22-10-8-19(24(28)13-22)15-26-17-21(12-18-6-4-3-5-7-18)27-16-20-9-11-23(31-2)14-25(20)29/h3-11,13-16,21,28-29H,12,17H2,1-2H3/t21-/m0/s1. The minimum Gasteiger partial charge on any atom is -0.507 e. The molecule has 0 saturated heterocycles. The number of nitrogens with zero attached hydrogens (tertiary/aromatic N) is 2. The number of ether oxygens (including phenoxy) is 2. The Morgan fingerprint density at radius 1 is 0.806 bits per heavy atom. The molecular weight excluding hydrogens is 392 g/mol. The summed E-state index contributed by atoms with van der Waals surface area (Å²) in [5.74, 6) is 1.38. The fourth-order valence-corrected chi connectivity index (χ4v) is 3.03. The monoisotopic (exact) mass is 418 g/mol. The molecule has 1 atom stereocenters. The third-order valence-electron chi connectivity index (χ3n) is 4.76. The van der Waals surface area contributed by atoms with Crippen LogP contribution in [0.15, 0.2) is 76.7 Å². The summed E-state index contributed by atoms with van der Waals surface area (Å²) in [4.78, 5) is 9.16. The molecule has 0 bridgehead atoms. The van der Waals surface area contributed by atoms with Gasteiger partial charge in [-0.25, -0.2) is 0 Å². The van der Waals surface area contributed by atoms with E-state index in [0.717, 1.165) is 5.56 Å². The molecule has 31 heavy (non-hydrogen) atoms. The Hall–Kier alpha value is -3.80. The molecule has 3 rings (SSSR count). The zero-order valence-electron chi connectivity index (χ0n) is 17.6. The van der Waals surface area contributed by atoms with Crippen LogP contribution in [0.25, 0.3) is 0 Å². The van der Waals surface area contributed by atoms with Crippen LogP contribution in [0, 0.1) is 0 Å². The van der Waals surface area contributed by atoms with Crippen LogP contribution in [-0.4, -0.2) is 49.4 Å². The molecule has 0 saturated carbocycles. The number of benzene rings is 3. The van der Waals surface area contributed by atoms with E-state index < -0.39 is 0 Å². The van der Waals surface area contributed by atoms with Gasteiger partial charge in [-0.3, -0.25) is 9.98 Å². The topological polar surface area (TPSA) is 83.6 Å². The molecule has 6 heteroatoms. The van der Waals surface area contributed by atoms with Gasteiger partial charge in [-0.05, 0) is 36.2 Å². The van der Waals surface area contributed by atoms with E-state index in [1.807, 2.05) is 30.3 Å². The second-order valence-electron chi connectivity index (χ2n) is 6.97. The summed E-state index contributed by atoms with van der Waals surface area (Å²) < 4.78 is 10.2. The molecule has 0 heterocycles. The van der Waals surface area contributed by atoms with Gasteiger partial charge in [-0.15, -0.1) is 0 Å². The van der Waals surface area contributed by atoms with Crippen LogP contribution >= 0.6 is 0 Å². The minimum absolute atomic E-state index is 0.105. The second-order valence-corrected chi connectivity index (χ2v) is 6.97. The van der Waals surface area contributed by atoms with E-state index in [2.05, 4.69) is 9.98 Å². The number of hydrogen-bond donors (Lipinski definition) is 2. The Morgan fingerprint density at radius 3 is 1.94 bits per heavy atom. The summed E-state index contributed by atoms with van der Waals surface area (Å²) in [6.45, 7) is 0.424. The molecular formula is C25H26N2O4. The highest BCUT2D eigenvalue weighted by molar-refractivity contribution is 5.84. The molecule has 0 radical (unpaired) electrons. The number of hydrogen-bond acceptors (Lipinski definition) is 6. The zero-order chi connectivity index (χ0) is 22.1. The summed E-state index contributed by atoms with van der Waals surface area (Å²) in [6, 6.07) is 20.1. The van der Waals surface area contributed by atoms with E-state index in [1.54, 1.807) is 63.0 Å². The van der Waals surface area contributed by atoms with Crippen molar-refractivity contribution in [1.82, 2.24) is 0 Å². The predicted molar refractivity (Wildman–Crippen MR) is 123 cm³/mol. The largest absolute Gasteiger partial charge is 0.507 e. The molecule has 0 aliphatic rings.